The zero-order valence-corrected chi connectivity index (χ0v) is 25.1. The zero-order valence-electron chi connectivity index (χ0n) is 24.3. The van der Waals surface area contributed by atoms with Crippen LogP contribution >= 0.6 is 11.3 Å². The molecule has 0 fully saturated rings. The third kappa shape index (κ3) is 3.19. The van der Waals surface area contributed by atoms with Crippen molar-refractivity contribution in [1.82, 2.24) is 9.55 Å². The number of benzene rings is 7. The number of furan rings is 1. The molecule has 0 saturated heterocycles. The van der Waals surface area contributed by atoms with Gasteiger partial charge in [-0.3, -0.25) is 0 Å². The molecule has 0 unspecified atom stereocenters. The highest BCUT2D eigenvalue weighted by Crippen LogP contribution is 2.45. The van der Waals surface area contributed by atoms with Crippen molar-refractivity contribution in [2.45, 2.75) is 0 Å². The van der Waals surface area contributed by atoms with Gasteiger partial charge in [-0.25, -0.2) is 4.98 Å². The average molecular weight is 607 g/mol. The number of hydrogen-bond acceptors (Lipinski definition) is 4. The van der Waals surface area contributed by atoms with E-state index in [9.17, 15) is 0 Å². The summed E-state index contributed by atoms with van der Waals surface area (Å²) >= 11 is 1.87. The highest BCUT2D eigenvalue weighted by atomic mass is 32.1. The summed E-state index contributed by atoms with van der Waals surface area (Å²) in [5.74, 6) is 0.567. The molecule has 0 aliphatic rings. The molecule has 0 radical (unpaired) electrons. The molecule has 0 aliphatic heterocycles. The summed E-state index contributed by atoms with van der Waals surface area (Å²) in [5, 5.41) is 9.37. The first-order chi connectivity index (χ1) is 22.8. The Balaban J connectivity index is 1.25. The van der Waals surface area contributed by atoms with Crippen molar-refractivity contribution in [3.05, 3.63) is 133 Å². The molecule has 4 nitrogen and oxygen atoms in total. The molecule has 46 heavy (non-hydrogen) atoms. The van der Waals surface area contributed by atoms with Crippen molar-refractivity contribution in [3.63, 3.8) is 0 Å². The maximum atomic E-state index is 6.69. The van der Waals surface area contributed by atoms with Crippen LogP contribution in [0.25, 0.3) is 103 Å². The molecule has 11 rings (SSSR count). The van der Waals surface area contributed by atoms with Gasteiger partial charge in [-0.15, -0.1) is 11.3 Å². The first-order valence-corrected chi connectivity index (χ1v) is 16.2. The van der Waals surface area contributed by atoms with Gasteiger partial charge in [-0.1, -0.05) is 84.9 Å². The fourth-order valence-electron chi connectivity index (χ4n) is 7.39. The van der Waals surface area contributed by atoms with Crippen molar-refractivity contribution >= 4 is 97.1 Å². The summed E-state index contributed by atoms with van der Waals surface area (Å²) in [6, 6.07) is 47.1. The molecule has 0 bridgehead atoms. The monoisotopic (exact) mass is 606 g/mol. The van der Waals surface area contributed by atoms with Crippen LogP contribution < -0.4 is 0 Å². The van der Waals surface area contributed by atoms with E-state index in [1.165, 1.54) is 42.0 Å². The lowest BCUT2D eigenvalue weighted by atomic mass is 10.00. The minimum absolute atomic E-state index is 0.567. The largest absolute Gasteiger partial charge is 0.455 e. The summed E-state index contributed by atoms with van der Waals surface area (Å²) in [6.07, 6.45) is 0. The van der Waals surface area contributed by atoms with E-state index in [0.717, 1.165) is 55.1 Å². The van der Waals surface area contributed by atoms with Gasteiger partial charge in [0.2, 0.25) is 5.89 Å². The molecule has 0 amide bonds. The Morgan fingerprint density at radius 1 is 0.543 bits per heavy atom. The number of fused-ring (bicyclic) bond motifs is 12. The predicted octanol–water partition coefficient (Wildman–Crippen LogP) is 12.0. The van der Waals surface area contributed by atoms with Gasteiger partial charge < -0.3 is 13.4 Å². The van der Waals surface area contributed by atoms with E-state index in [1.54, 1.807) is 0 Å². The summed E-state index contributed by atoms with van der Waals surface area (Å²) in [7, 11) is 0. The van der Waals surface area contributed by atoms with Crippen molar-refractivity contribution in [2.75, 3.05) is 0 Å². The number of aromatic nitrogens is 2. The van der Waals surface area contributed by atoms with Crippen molar-refractivity contribution in [2.24, 2.45) is 0 Å². The number of para-hydroxylation sites is 3. The predicted molar refractivity (Wildman–Crippen MR) is 191 cm³/mol. The van der Waals surface area contributed by atoms with E-state index in [2.05, 4.69) is 114 Å². The molecule has 7 aromatic carbocycles. The second-order valence-corrected chi connectivity index (χ2v) is 13.0. The van der Waals surface area contributed by atoms with Crippen LogP contribution in [0.3, 0.4) is 0 Å². The van der Waals surface area contributed by atoms with Gasteiger partial charge in [0.05, 0.1) is 21.3 Å². The molecule has 0 spiro atoms. The van der Waals surface area contributed by atoms with Crippen LogP contribution in [-0.4, -0.2) is 9.55 Å². The SMILES string of the molecule is c1ccc2c(-c3nc4ccccc4o3)c3oc4ccc(-n5c6ccccc6c6ccc7c8ccccc8sc7c65)cc4c3cc2c1. The highest BCUT2D eigenvalue weighted by Gasteiger charge is 2.22. The van der Waals surface area contributed by atoms with E-state index >= 15 is 0 Å². The zero-order chi connectivity index (χ0) is 29.9. The molecule has 11 aromatic rings. The molecule has 0 N–H and O–H groups in total. The standard InChI is InChI=1S/C41H22N2O2S/c1-2-10-25-23(9-1)21-31-30-22-24(17-20-34(30)44-39(31)37(25)41-42-32-13-5-7-15-35(32)45-41)43-33-14-6-3-11-26(33)28-18-19-29-27-12-4-8-16-36(27)46-40(29)38(28)43/h1-22H. The summed E-state index contributed by atoms with van der Waals surface area (Å²) in [4.78, 5) is 4.90. The second-order valence-electron chi connectivity index (χ2n) is 11.9. The highest BCUT2D eigenvalue weighted by molar-refractivity contribution is 7.26. The first-order valence-electron chi connectivity index (χ1n) is 15.4. The first kappa shape index (κ1) is 24.4. The average Bonchev–Trinajstić information content (AvgIpc) is 3.87. The van der Waals surface area contributed by atoms with Crippen LogP contribution in [0.1, 0.15) is 0 Å². The molecule has 4 heterocycles. The molecule has 0 aliphatic carbocycles. The third-order valence-electron chi connectivity index (χ3n) is 9.41. The maximum Gasteiger partial charge on any atom is 0.231 e. The molecule has 5 heteroatoms. The number of hydrogen-bond donors (Lipinski definition) is 0. The Morgan fingerprint density at radius 3 is 2.26 bits per heavy atom. The van der Waals surface area contributed by atoms with E-state index < -0.39 is 0 Å². The number of oxazole rings is 1. The van der Waals surface area contributed by atoms with Crippen molar-refractivity contribution in [3.8, 4) is 17.1 Å². The maximum absolute atomic E-state index is 6.69. The van der Waals surface area contributed by atoms with Crippen LogP contribution in [0.15, 0.2) is 142 Å². The minimum Gasteiger partial charge on any atom is -0.455 e. The molecule has 4 aromatic heterocycles. The van der Waals surface area contributed by atoms with Crippen LogP contribution in [0.2, 0.25) is 0 Å². The summed E-state index contributed by atoms with van der Waals surface area (Å²) in [6.45, 7) is 0. The number of rotatable bonds is 2. The Bertz CT molecular complexity index is 3010. The van der Waals surface area contributed by atoms with E-state index in [1.807, 2.05) is 35.6 Å². The smallest absolute Gasteiger partial charge is 0.231 e. The molecule has 0 atom stereocenters. The van der Waals surface area contributed by atoms with Gasteiger partial charge >= 0.3 is 0 Å². The van der Waals surface area contributed by atoms with Gasteiger partial charge in [-0.2, -0.15) is 0 Å². The van der Waals surface area contributed by atoms with E-state index in [-0.39, 0.29) is 0 Å². The fourth-order valence-corrected chi connectivity index (χ4v) is 8.63. The fraction of sp³-hybridized carbons (Fsp3) is 0. The topological polar surface area (TPSA) is 44.1 Å². The lowest BCUT2D eigenvalue weighted by Crippen LogP contribution is -1.93. The number of thiophene rings is 1. The summed E-state index contributed by atoms with van der Waals surface area (Å²) < 4.78 is 18.1. The minimum atomic E-state index is 0.567. The van der Waals surface area contributed by atoms with Crippen LogP contribution in [-0.2, 0) is 0 Å². The second kappa shape index (κ2) is 8.84. The molecular formula is C41H22N2O2S. The van der Waals surface area contributed by atoms with Crippen molar-refractivity contribution < 1.29 is 8.83 Å². The summed E-state index contributed by atoms with van der Waals surface area (Å²) in [5.41, 5.74) is 7.61. The van der Waals surface area contributed by atoms with Gasteiger partial charge in [0, 0.05) is 42.7 Å². The normalized spacial score (nSPS) is 12.3. The van der Waals surface area contributed by atoms with Gasteiger partial charge in [0.25, 0.3) is 0 Å². The Morgan fingerprint density at radius 2 is 1.33 bits per heavy atom. The quantitative estimate of drug-likeness (QED) is 0.197. The molecule has 0 saturated carbocycles. The lowest BCUT2D eigenvalue weighted by molar-refractivity contribution is 0.616. The number of nitrogens with zero attached hydrogens (tertiary/aromatic N) is 2. The van der Waals surface area contributed by atoms with Crippen LogP contribution in [0.4, 0.5) is 0 Å². The van der Waals surface area contributed by atoms with Gasteiger partial charge in [-0.05, 0) is 59.3 Å². The molecule has 214 valence electrons. The van der Waals surface area contributed by atoms with Gasteiger partial charge in [0.15, 0.2) is 5.58 Å². The van der Waals surface area contributed by atoms with Crippen molar-refractivity contribution in [1.29, 1.82) is 0 Å². The van der Waals surface area contributed by atoms with E-state index in [0.29, 0.717) is 5.89 Å². The molecular weight excluding hydrogens is 585 g/mol. The lowest BCUT2D eigenvalue weighted by Gasteiger charge is -2.09. The van der Waals surface area contributed by atoms with Crippen LogP contribution in [0.5, 0.6) is 0 Å². The van der Waals surface area contributed by atoms with E-state index in [4.69, 9.17) is 13.8 Å². The Labute approximate surface area is 265 Å². The van der Waals surface area contributed by atoms with Gasteiger partial charge in [0.1, 0.15) is 16.7 Å². The Hall–Kier alpha value is -5.91. The van der Waals surface area contributed by atoms with Crippen LogP contribution in [0, 0.1) is 0 Å². The Kier molecular flexibility index (Phi) is 4.69. The third-order valence-corrected chi connectivity index (χ3v) is 10.6.